The molecule has 1 N–H and O–H groups in total. The number of hydrogen-bond donors (Lipinski definition) is 1. The molecule has 2 aliphatic heterocycles. The van der Waals surface area contributed by atoms with Crippen LogP contribution in [0.1, 0.15) is 22.8 Å². The number of sulfonamides is 1. The Morgan fingerprint density at radius 3 is 2.60 bits per heavy atom. The number of hydrogen-bond acceptors (Lipinski definition) is 7. The van der Waals surface area contributed by atoms with Gasteiger partial charge in [0.15, 0.2) is 0 Å². The van der Waals surface area contributed by atoms with Crippen molar-refractivity contribution < 1.29 is 23.1 Å². The standard InChI is InChI=1S/C20H25N3O5S2/c24-14-18-11-21-20(29-18)30(26,27)23-12-16(15-4-2-1-3-5-15)10-17(13-23)19(25)22-6-8-28-9-7-22/h1-5,11,16-17,24H,6-10,12-14H2/t16-,17+/m1/s1. The van der Waals surface area contributed by atoms with Crippen LogP contribution in [0.4, 0.5) is 0 Å². The van der Waals surface area contributed by atoms with Crippen LogP contribution in [0.5, 0.6) is 0 Å². The number of thiazole rings is 1. The molecule has 2 saturated heterocycles. The van der Waals surface area contributed by atoms with Crippen LogP contribution < -0.4 is 0 Å². The van der Waals surface area contributed by atoms with Gasteiger partial charge in [0.25, 0.3) is 10.0 Å². The van der Waals surface area contributed by atoms with E-state index in [1.807, 2.05) is 30.3 Å². The Labute approximate surface area is 180 Å². The van der Waals surface area contributed by atoms with Gasteiger partial charge in [0.05, 0.1) is 30.6 Å². The summed E-state index contributed by atoms with van der Waals surface area (Å²) in [5, 5.41) is 9.28. The van der Waals surface area contributed by atoms with Crippen LogP contribution in [0.15, 0.2) is 40.9 Å². The zero-order valence-electron chi connectivity index (χ0n) is 16.5. The number of benzene rings is 1. The smallest absolute Gasteiger partial charge is 0.270 e. The largest absolute Gasteiger partial charge is 0.391 e. The van der Waals surface area contributed by atoms with Gasteiger partial charge in [0.2, 0.25) is 10.2 Å². The van der Waals surface area contributed by atoms with Crippen LogP contribution in [0.3, 0.4) is 0 Å². The molecule has 2 atom stereocenters. The van der Waals surface area contributed by atoms with Gasteiger partial charge >= 0.3 is 0 Å². The Morgan fingerprint density at radius 2 is 1.93 bits per heavy atom. The molecule has 0 saturated carbocycles. The highest BCUT2D eigenvalue weighted by molar-refractivity contribution is 7.91. The predicted molar refractivity (Wildman–Crippen MR) is 111 cm³/mol. The van der Waals surface area contributed by atoms with Gasteiger partial charge in [0.1, 0.15) is 0 Å². The van der Waals surface area contributed by atoms with Crippen molar-refractivity contribution in [1.29, 1.82) is 0 Å². The molecule has 30 heavy (non-hydrogen) atoms. The van der Waals surface area contributed by atoms with E-state index >= 15 is 0 Å². The average Bonchev–Trinajstić information content (AvgIpc) is 3.30. The zero-order valence-corrected chi connectivity index (χ0v) is 18.1. The predicted octanol–water partition coefficient (Wildman–Crippen LogP) is 1.29. The second-order valence-corrected chi connectivity index (χ2v) is 10.8. The molecule has 2 aromatic rings. The lowest BCUT2D eigenvalue weighted by Gasteiger charge is -2.39. The molecular weight excluding hydrogens is 426 g/mol. The third kappa shape index (κ3) is 4.42. The minimum Gasteiger partial charge on any atom is -0.391 e. The number of ether oxygens (including phenoxy) is 1. The van der Waals surface area contributed by atoms with E-state index in [1.165, 1.54) is 10.5 Å². The van der Waals surface area contributed by atoms with E-state index in [-0.39, 0.29) is 29.3 Å². The first-order valence-corrected chi connectivity index (χ1v) is 12.2. The van der Waals surface area contributed by atoms with Crippen molar-refractivity contribution in [3.8, 4) is 0 Å². The SMILES string of the molecule is O=C([C@H]1C[C@@H](c2ccccc2)CN(S(=O)(=O)c2ncc(CO)s2)C1)N1CCOCC1. The average molecular weight is 452 g/mol. The lowest BCUT2D eigenvalue weighted by molar-refractivity contribution is -0.141. The highest BCUT2D eigenvalue weighted by Crippen LogP contribution is 2.35. The molecule has 0 aliphatic carbocycles. The number of carbonyl (C=O) groups excluding carboxylic acids is 1. The number of rotatable bonds is 5. The maximum Gasteiger partial charge on any atom is 0.270 e. The van der Waals surface area contributed by atoms with Crippen LogP contribution in [0.2, 0.25) is 0 Å². The summed E-state index contributed by atoms with van der Waals surface area (Å²) >= 11 is 0.966. The van der Waals surface area contributed by atoms with Gasteiger partial charge in [-0.25, -0.2) is 13.4 Å². The number of aliphatic hydroxyl groups excluding tert-OH is 1. The van der Waals surface area contributed by atoms with Crippen LogP contribution in [-0.4, -0.2) is 73.0 Å². The molecule has 0 radical (unpaired) electrons. The monoisotopic (exact) mass is 451 g/mol. The first-order chi connectivity index (χ1) is 14.5. The Hall–Kier alpha value is -1.85. The molecule has 1 aromatic heterocycles. The molecule has 2 fully saturated rings. The van der Waals surface area contributed by atoms with E-state index in [2.05, 4.69) is 4.98 Å². The fraction of sp³-hybridized carbons (Fsp3) is 0.500. The lowest BCUT2D eigenvalue weighted by Crippen LogP contribution is -2.51. The Morgan fingerprint density at radius 1 is 1.20 bits per heavy atom. The van der Waals surface area contributed by atoms with Crippen molar-refractivity contribution >= 4 is 27.3 Å². The summed E-state index contributed by atoms with van der Waals surface area (Å²) < 4.78 is 33.3. The fourth-order valence-corrected chi connectivity index (χ4v) is 6.75. The van der Waals surface area contributed by atoms with Gasteiger partial charge in [-0.3, -0.25) is 4.79 Å². The Kier molecular flexibility index (Phi) is 6.49. The van der Waals surface area contributed by atoms with Crippen LogP contribution in [0, 0.1) is 5.92 Å². The molecule has 3 heterocycles. The van der Waals surface area contributed by atoms with E-state index in [9.17, 15) is 18.3 Å². The van der Waals surface area contributed by atoms with Crippen molar-refractivity contribution in [2.24, 2.45) is 5.92 Å². The van der Waals surface area contributed by atoms with E-state index in [0.29, 0.717) is 44.1 Å². The minimum absolute atomic E-state index is 0.0192. The number of carbonyl (C=O) groups is 1. The van der Waals surface area contributed by atoms with Crippen LogP contribution in [0.25, 0.3) is 0 Å². The molecule has 0 spiro atoms. The van der Waals surface area contributed by atoms with Gasteiger partial charge in [-0.2, -0.15) is 4.31 Å². The van der Waals surface area contributed by atoms with Crippen molar-refractivity contribution in [3.63, 3.8) is 0 Å². The highest BCUT2D eigenvalue weighted by atomic mass is 32.2. The molecule has 162 valence electrons. The lowest BCUT2D eigenvalue weighted by atomic mass is 9.85. The van der Waals surface area contributed by atoms with E-state index < -0.39 is 15.9 Å². The van der Waals surface area contributed by atoms with Gasteiger partial charge in [-0.1, -0.05) is 30.3 Å². The first-order valence-electron chi connectivity index (χ1n) is 9.96. The summed E-state index contributed by atoms with van der Waals surface area (Å²) in [6.07, 6.45) is 1.98. The summed E-state index contributed by atoms with van der Waals surface area (Å²) in [6.45, 7) is 2.26. The Bertz CT molecular complexity index is 973. The van der Waals surface area contributed by atoms with Crippen molar-refractivity contribution in [1.82, 2.24) is 14.2 Å². The maximum atomic E-state index is 13.3. The van der Waals surface area contributed by atoms with Crippen LogP contribution >= 0.6 is 11.3 Å². The molecule has 0 bridgehead atoms. The fourth-order valence-electron chi connectivity index (χ4n) is 4.03. The number of aromatic nitrogens is 1. The summed E-state index contributed by atoms with van der Waals surface area (Å²) in [5.41, 5.74) is 1.02. The Balaban J connectivity index is 1.62. The van der Waals surface area contributed by atoms with E-state index in [1.54, 1.807) is 4.90 Å². The first kappa shape index (κ1) is 21.4. The second kappa shape index (κ2) is 9.11. The molecule has 1 aromatic carbocycles. The van der Waals surface area contributed by atoms with Crippen LogP contribution in [-0.2, 0) is 26.2 Å². The number of aliphatic hydroxyl groups is 1. The molecule has 10 heteroatoms. The van der Waals surface area contributed by atoms with Crippen molar-refractivity contribution in [3.05, 3.63) is 47.0 Å². The van der Waals surface area contributed by atoms with Gasteiger partial charge in [-0.05, 0) is 17.9 Å². The third-order valence-corrected chi connectivity index (χ3v) is 8.79. The number of piperidine rings is 1. The maximum absolute atomic E-state index is 13.3. The van der Waals surface area contributed by atoms with Gasteiger partial charge in [0, 0.05) is 32.4 Å². The molecular formula is C20H25N3O5S2. The zero-order chi connectivity index (χ0) is 21.1. The van der Waals surface area contributed by atoms with Gasteiger partial charge in [-0.15, -0.1) is 11.3 Å². The molecule has 0 unspecified atom stereocenters. The number of nitrogens with zero attached hydrogens (tertiary/aromatic N) is 3. The molecule has 4 rings (SSSR count). The third-order valence-electron chi connectivity index (χ3n) is 5.61. The van der Waals surface area contributed by atoms with Crippen molar-refractivity contribution in [2.45, 2.75) is 23.3 Å². The number of morpholine rings is 1. The van der Waals surface area contributed by atoms with Gasteiger partial charge < -0.3 is 14.7 Å². The number of amides is 1. The van der Waals surface area contributed by atoms with E-state index in [0.717, 1.165) is 16.9 Å². The minimum atomic E-state index is -3.86. The normalized spacial score (nSPS) is 23.4. The molecule has 8 nitrogen and oxygen atoms in total. The summed E-state index contributed by atoms with van der Waals surface area (Å²) in [5.74, 6) is -0.523. The van der Waals surface area contributed by atoms with Crippen molar-refractivity contribution in [2.75, 3.05) is 39.4 Å². The second-order valence-electron chi connectivity index (χ2n) is 7.55. The summed E-state index contributed by atoms with van der Waals surface area (Å²) in [6, 6.07) is 9.73. The summed E-state index contributed by atoms with van der Waals surface area (Å²) in [4.78, 5) is 19.5. The van der Waals surface area contributed by atoms with E-state index in [4.69, 9.17) is 4.74 Å². The summed E-state index contributed by atoms with van der Waals surface area (Å²) in [7, 11) is -3.86. The molecule has 2 aliphatic rings. The quantitative estimate of drug-likeness (QED) is 0.735. The highest BCUT2D eigenvalue weighted by Gasteiger charge is 2.40. The molecule has 1 amide bonds. The topological polar surface area (TPSA) is 100 Å².